The molecule has 8 fully saturated rings. The fourth-order valence-electron chi connectivity index (χ4n) is 14.5. The molecule has 234 valence electrons. The van der Waals surface area contributed by atoms with Crippen molar-refractivity contribution < 1.29 is 10.2 Å². The van der Waals surface area contributed by atoms with Gasteiger partial charge in [0.25, 0.3) is 0 Å². The predicted molar refractivity (Wildman–Crippen MR) is 170 cm³/mol. The first-order valence-corrected chi connectivity index (χ1v) is 18.6. The van der Waals surface area contributed by atoms with E-state index in [0.29, 0.717) is 10.8 Å². The molecule has 0 aromatic rings. The Kier molecular flexibility index (Phi) is 6.75. The first kappa shape index (κ1) is 28.7. The monoisotopic (exact) mass is 576 g/mol. The smallest absolute Gasteiger partial charge is 0.0543 e. The summed E-state index contributed by atoms with van der Waals surface area (Å²) in [6.45, 7) is 10.4. The molecule has 0 aliphatic heterocycles. The Balaban J connectivity index is 1.00. The van der Waals surface area contributed by atoms with Crippen LogP contribution in [0.3, 0.4) is 0 Å². The fourth-order valence-corrected chi connectivity index (χ4v) is 14.5. The van der Waals surface area contributed by atoms with E-state index in [-0.39, 0.29) is 23.0 Å². The molecule has 8 rings (SSSR count). The topological polar surface area (TPSA) is 65.2 Å². The Morgan fingerprint density at radius 3 is 1.36 bits per heavy atom. The van der Waals surface area contributed by atoms with Crippen molar-refractivity contribution in [1.82, 2.24) is 0 Å². The van der Waals surface area contributed by atoms with E-state index in [0.717, 1.165) is 85.9 Å². The lowest BCUT2D eigenvalue weighted by Gasteiger charge is -2.60. The van der Waals surface area contributed by atoms with Gasteiger partial charge in [0.2, 0.25) is 0 Å². The molecule has 0 radical (unpaired) electrons. The van der Waals surface area contributed by atoms with Crippen molar-refractivity contribution in [3.8, 4) is 0 Å². The van der Waals surface area contributed by atoms with Crippen LogP contribution in [0.2, 0.25) is 0 Å². The molecule has 8 aliphatic carbocycles. The summed E-state index contributed by atoms with van der Waals surface area (Å²) >= 11 is 0. The summed E-state index contributed by atoms with van der Waals surface area (Å²) in [7, 11) is 0. The molecule has 0 amide bonds. The average Bonchev–Trinajstić information content (AvgIpc) is 3.48. The van der Waals surface area contributed by atoms with Gasteiger partial charge in [-0.2, -0.15) is 10.2 Å². The summed E-state index contributed by atoms with van der Waals surface area (Å²) in [4.78, 5) is 0. The SMILES string of the molecule is C[C@]12CC[C@H](O)C[C@@H]1CC[C@H]1[C@H]2CC[C@]2(C)/C(=N/N=C3/CC[C@H]4[C@@H]5CC[C@@H]6C[C@H](O)CC[C@]6(C)[C@H]5CC[C@]34C)CC[C@@H]12. The van der Waals surface area contributed by atoms with Gasteiger partial charge in [0.15, 0.2) is 0 Å². The molecular weight excluding hydrogens is 516 g/mol. The fraction of sp³-hybridized carbons (Fsp3) is 0.947. The Labute approximate surface area is 256 Å². The van der Waals surface area contributed by atoms with Gasteiger partial charge >= 0.3 is 0 Å². The molecule has 4 nitrogen and oxygen atoms in total. The molecule has 0 aromatic carbocycles. The quantitative estimate of drug-likeness (QED) is 0.307. The molecule has 0 aromatic heterocycles. The molecule has 0 bridgehead atoms. The van der Waals surface area contributed by atoms with Gasteiger partial charge in [0, 0.05) is 22.3 Å². The third-order valence-corrected chi connectivity index (χ3v) is 17.0. The second-order valence-electron chi connectivity index (χ2n) is 18.3. The standard InChI is InChI=1S/C38H60N2O2/c1-35-17-13-25(41)21-23(35)5-7-27-29-9-11-33(37(29,3)19-15-31(27)35)39-40-34-12-10-30-28-8-6-24-22-26(42)14-18-36(24,2)32(28)16-20-38(30,34)4/h23-32,41-42H,5-22H2,1-4H3/b39-33-,40-34+/t23-,24+,25-,26+,27+,28-,29+,30+,31+,32-,35+,36+,37+,38+/m1/s1. The molecule has 8 aliphatic rings. The van der Waals surface area contributed by atoms with Crippen molar-refractivity contribution in [2.24, 2.45) is 79.2 Å². The maximum atomic E-state index is 10.4. The number of rotatable bonds is 1. The number of aliphatic hydroxyl groups is 2. The van der Waals surface area contributed by atoms with E-state index in [1.165, 1.54) is 88.5 Å². The van der Waals surface area contributed by atoms with E-state index in [4.69, 9.17) is 10.2 Å². The molecular formula is C38H60N2O2. The summed E-state index contributed by atoms with van der Waals surface area (Å²) < 4.78 is 0. The minimum Gasteiger partial charge on any atom is -0.393 e. The van der Waals surface area contributed by atoms with Crippen LogP contribution in [0, 0.1) is 69.0 Å². The lowest BCUT2D eigenvalue weighted by atomic mass is 9.45. The van der Waals surface area contributed by atoms with Crippen molar-refractivity contribution in [2.45, 2.75) is 155 Å². The minimum atomic E-state index is -0.0516. The highest BCUT2D eigenvalue weighted by Gasteiger charge is 2.61. The van der Waals surface area contributed by atoms with Crippen LogP contribution < -0.4 is 0 Å². The third-order valence-electron chi connectivity index (χ3n) is 17.0. The first-order valence-electron chi connectivity index (χ1n) is 18.6. The maximum Gasteiger partial charge on any atom is 0.0543 e. The highest BCUT2D eigenvalue weighted by atomic mass is 16.3. The van der Waals surface area contributed by atoms with Crippen molar-refractivity contribution in [3.05, 3.63) is 0 Å². The second kappa shape index (κ2) is 9.88. The second-order valence-corrected chi connectivity index (χ2v) is 18.3. The van der Waals surface area contributed by atoms with E-state index in [1.807, 2.05) is 0 Å². The molecule has 0 spiro atoms. The Morgan fingerprint density at radius 1 is 0.500 bits per heavy atom. The number of hydrogen-bond acceptors (Lipinski definition) is 4. The van der Waals surface area contributed by atoms with Crippen LogP contribution in [-0.2, 0) is 0 Å². The van der Waals surface area contributed by atoms with Crippen LogP contribution >= 0.6 is 0 Å². The van der Waals surface area contributed by atoms with Crippen molar-refractivity contribution in [3.63, 3.8) is 0 Å². The zero-order chi connectivity index (χ0) is 29.1. The number of fused-ring (bicyclic) bond motifs is 10. The van der Waals surface area contributed by atoms with E-state index < -0.39 is 0 Å². The minimum absolute atomic E-state index is 0.0516. The maximum absolute atomic E-state index is 10.4. The molecule has 0 heterocycles. The zero-order valence-corrected chi connectivity index (χ0v) is 27.3. The number of nitrogens with zero attached hydrogens (tertiary/aromatic N) is 2. The van der Waals surface area contributed by atoms with E-state index in [9.17, 15) is 10.2 Å². The first-order chi connectivity index (χ1) is 20.1. The van der Waals surface area contributed by atoms with Gasteiger partial charge in [0.1, 0.15) is 0 Å². The molecule has 0 unspecified atom stereocenters. The largest absolute Gasteiger partial charge is 0.393 e. The van der Waals surface area contributed by atoms with Gasteiger partial charge in [-0.1, -0.05) is 27.7 Å². The third kappa shape index (κ3) is 3.97. The highest BCUT2D eigenvalue weighted by Crippen LogP contribution is 2.67. The van der Waals surface area contributed by atoms with Crippen molar-refractivity contribution in [2.75, 3.05) is 0 Å². The number of aliphatic hydroxyl groups excluding tert-OH is 2. The van der Waals surface area contributed by atoms with Crippen LogP contribution in [0.1, 0.15) is 143 Å². The predicted octanol–water partition coefficient (Wildman–Crippen LogP) is 8.59. The average molecular weight is 577 g/mol. The summed E-state index contributed by atoms with van der Waals surface area (Å²) in [6.07, 6.45) is 22.2. The van der Waals surface area contributed by atoms with Gasteiger partial charge in [-0.3, -0.25) is 0 Å². The van der Waals surface area contributed by atoms with Crippen LogP contribution in [0.15, 0.2) is 10.2 Å². The van der Waals surface area contributed by atoms with Gasteiger partial charge in [-0.05, 0) is 174 Å². The van der Waals surface area contributed by atoms with Crippen molar-refractivity contribution >= 4 is 11.4 Å². The van der Waals surface area contributed by atoms with Gasteiger partial charge < -0.3 is 10.2 Å². The molecule has 4 heteroatoms. The van der Waals surface area contributed by atoms with E-state index in [2.05, 4.69) is 27.7 Å². The summed E-state index contributed by atoms with van der Waals surface area (Å²) in [5.74, 6) is 6.44. The Morgan fingerprint density at radius 2 is 0.929 bits per heavy atom. The summed E-state index contributed by atoms with van der Waals surface area (Å²) in [5, 5.41) is 31.4. The highest BCUT2D eigenvalue weighted by molar-refractivity contribution is 5.95. The molecule has 42 heavy (non-hydrogen) atoms. The van der Waals surface area contributed by atoms with Crippen LogP contribution in [-0.4, -0.2) is 33.8 Å². The molecule has 0 saturated heterocycles. The zero-order valence-electron chi connectivity index (χ0n) is 27.3. The lowest BCUT2D eigenvalue weighted by Crippen LogP contribution is -2.54. The van der Waals surface area contributed by atoms with Gasteiger partial charge in [0.05, 0.1) is 12.2 Å². The van der Waals surface area contributed by atoms with E-state index in [1.54, 1.807) is 0 Å². The Hall–Kier alpha value is -0.740. The molecule has 14 atom stereocenters. The van der Waals surface area contributed by atoms with Crippen LogP contribution in [0.4, 0.5) is 0 Å². The molecule has 2 N–H and O–H groups in total. The Bertz CT molecular complexity index is 1060. The van der Waals surface area contributed by atoms with Crippen LogP contribution in [0.25, 0.3) is 0 Å². The summed E-state index contributed by atoms with van der Waals surface area (Å²) in [5.41, 5.74) is 4.28. The lowest BCUT2D eigenvalue weighted by molar-refractivity contribution is -0.114. The van der Waals surface area contributed by atoms with E-state index >= 15 is 0 Å². The van der Waals surface area contributed by atoms with Gasteiger partial charge in [-0.25, -0.2) is 0 Å². The van der Waals surface area contributed by atoms with Crippen LogP contribution in [0.5, 0.6) is 0 Å². The molecule has 8 saturated carbocycles. The van der Waals surface area contributed by atoms with Crippen molar-refractivity contribution in [1.29, 1.82) is 0 Å². The summed E-state index contributed by atoms with van der Waals surface area (Å²) in [6, 6.07) is 0. The van der Waals surface area contributed by atoms with Gasteiger partial charge in [-0.15, -0.1) is 0 Å². The number of hydrogen-bond donors (Lipinski definition) is 2. The normalized spacial score (nSPS) is 58.9.